The van der Waals surface area contributed by atoms with Gasteiger partial charge in [0.1, 0.15) is 0 Å². The van der Waals surface area contributed by atoms with Crippen LogP contribution in [0.25, 0.3) is 253 Å². The van der Waals surface area contributed by atoms with Crippen molar-refractivity contribution < 1.29 is 0 Å². The van der Waals surface area contributed by atoms with E-state index in [0.717, 1.165) is 11.4 Å². The fourth-order valence-corrected chi connectivity index (χ4v) is 20.8. The van der Waals surface area contributed by atoms with Crippen molar-refractivity contribution in [1.82, 2.24) is 9.13 Å². The fraction of sp³-hybridized carbons (Fsp3) is 0. The smallest absolute Gasteiger partial charge is 0.0535 e. The predicted octanol–water partition coefficient (Wildman–Crippen LogP) is 36.5. The molecule has 26 aromatic rings. The third-order valence-corrected chi connectivity index (χ3v) is 27.7. The van der Waals surface area contributed by atoms with Crippen molar-refractivity contribution in [2.45, 2.75) is 0 Å². The van der Waals surface area contributed by atoms with Crippen LogP contribution in [0.3, 0.4) is 0 Å². The molecule has 0 amide bonds. The van der Waals surface area contributed by atoms with Crippen LogP contribution in [-0.2, 0) is 0 Å². The Hall–Kier alpha value is -17.6. The summed E-state index contributed by atoms with van der Waals surface area (Å²) >= 11 is 0. The molecule has 2 heterocycles. The summed E-state index contributed by atoms with van der Waals surface area (Å²) in [7, 11) is 0. The minimum Gasteiger partial charge on any atom is -0.316 e. The standard InChI is InChI=1S/C68H43N.C64H43N/c1-4-16-54-50(13-1)40-63(60-22-10-7-19-57(54)60)45-27-25-44(26-28-45)49-35-38-68-66(39-49)67(48-31-29-46(30-32-48)64-41-51-14-2-5-17-55(51)58-20-8-11-23-61(58)64)43-69(68)53-36-33-47(34-37-53)65-42-52-15-3-6-18-56(52)59-21-9-12-24-62(59)65;1-3-11-44(12-4-1)46-19-23-48(24-20-46)50-27-29-52(30-28-50)55-37-40-64-62(41-55)63(54-33-31-51(32-34-54)49-25-21-47(22-26-49)45-13-5-2-6-14-45)43-65(64)57-38-35-53(36-39-57)61-42-56-15-7-8-16-58(56)59-17-9-10-18-60(59)61/h1-43H;1-43H. The highest BCUT2D eigenvalue weighted by atomic mass is 15.0. The van der Waals surface area contributed by atoms with E-state index in [9.17, 15) is 0 Å². The molecular formula is C132H86N2. The molecule has 24 aromatic carbocycles. The zero-order chi connectivity index (χ0) is 88.5. The third-order valence-electron chi connectivity index (χ3n) is 27.7. The summed E-state index contributed by atoms with van der Waals surface area (Å²) < 4.78 is 4.73. The molecule has 26 rings (SSSR count). The Bertz CT molecular complexity index is 9000. The van der Waals surface area contributed by atoms with Gasteiger partial charge in [-0.1, -0.05) is 437 Å². The summed E-state index contributed by atoms with van der Waals surface area (Å²) in [5.41, 5.74) is 33.7. The summed E-state index contributed by atoms with van der Waals surface area (Å²) in [6.45, 7) is 0. The lowest BCUT2D eigenvalue weighted by atomic mass is 9.92. The second-order valence-corrected chi connectivity index (χ2v) is 35.3. The van der Waals surface area contributed by atoms with Gasteiger partial charge in [0.2, 0.25) is 0 Å². The molecule has 0 unspecified atom stereocenters. The highest BCUT2D eigenvalue weighted by Gasteiger charge is 2.21. The maximum Gasteiger partial charge on any atom is 0.0535 e. The first kappa shape index (κ1) is 78.7. The Morgan fingerprint density at radius 3 is 0.537 bits per heavy atom. The zero-order valence-corrected chi connectivity index (χ0v) is 73.5. The lowest BCUT2D eigenvalue weighted by molar-refractivity contribution is 1.13. The Kier molecular flexibility index (Phi) is 19.7. The van der Waals surface area contributed by atoms with Crippen LogP contribution in [0, 0.1) is 0 Å². The molecule has 134 heavy (non-hydrogen) atoms. The van der Waals surface area contributed by atoms with Gasteiger partial charge in [-0.15, -0.1) is 0 Å². The molecule has 2 nitrogen and oxygen atoms in total. The summed E-state index contributed by atoms with van der Waals surface area (Å²) in [4.78, 5) is 0. The Morgan fingerprint density at radius 2 is 0.284 bits per heavy atom. The lowest BCUT2D eigenvalue weighted by Crippen LogP contribution is -1.92. The van der Waals surface area contributed by atoms with Crippen LogP contribution in [0.4, 0.5) is 0 Å². The van der Waals surface area contributed by atoms with E-state index in [1.54, 1.807) is 0 Å². The highest BCUT2D eigenvalue weighted by Crippen LogP contribution is 2.46. The number of rotatable bonds is 14. The minimum atomic E-state index is 1.12. The van der Waals surface area contributed by atoms with Crippen LogP contribution in [0.2, 0.25) is 0 Å². The van der Waals surface area contributed by atoms with Gasteiger partial charge in [-0.3, -0.25) is 0 Å². The molecule has 0 spiro atoms. The van der Waals surface area contributed by atoms with E-state index in [4.69, 9.17) is 0 Å². The molecular weight excluding hydrogens is 1610 g/mol. The SMILES string of the molecule is c1ccc(-c2ccc(-c3ccc(-c4ccc5c(c4)c(-c4ccc(-c6ccc(-c7ccccc7)cc6)cc4)cn5-c4ccc(-c5cc6ccccc6c6ccccc56)cc4)cc3)cc2)cc1.c1ccc2c(c1)cc(-c1ccc(-c3ccc4c(c3)c(-c3ccc(-c5cc6ccccc6c6ccccc56)cc3)cn4-c3ccc(-c4cc5ccccc5c5ccccc45)cc3)cc1)c1ccccc12. The quantitative estimate of drug-likeness (QED) is 0.0961. The van der Waals surface area contributed by atoms with Crippen molar-refractivity contribution in [3.05, 3.63) is 522 Å². The van der Waals surface area contributed by atoms with E-state index < -0.39 is 0 Å². The molecule has 0 aliphatic carbocycles. The van der Waals surface area contributed by atoms with Crippen molar-refractivity contribution in [2.75, 3.05) is 0 Å². The molecule has 0 saturated carbocycles. The maximum absolute atomic E-state index is 2.39. The number of nitrogens with zero attached hydrogens (tertiary/aromatic N) is 2. The molecule has 624 valence electrons. The van der Waals surface area contributed by atoms with Crippen LogP contribution in [0.5, 0.6) is 0 Å². The molecule has 0 radical (unpaired) electrons. The summed E-state index contributed by atoms with van der Waals surface area (Å²) in [5, 5.41) is 22.8. The first-order valence-corrected chi connectivity index (χ1v) is 46.3. The van der Waals surface area contributed by atoms with Crippen molar-refractivity contribution in [2.24, 2.45) is 0 Å². The van der Waals surface area contributed by atoms with Gasteiger partial charge in [-0.25, -0.2) is 0 Å². The van der Waals surface area contributed by atoms with Gasteiger partial charge in [-0.05, 0) is 281 Å². The van der Waals surface area contributed by atoms with Gasteiger partial charge < -0.3 is 9.13 Å². The van der Waals surface area contributed by atoms with Gasteiger partial charge in [0, 0.05) is 45.7 Å². The first-order chi connectivity index (χ1) is 66.4. The minimum absolute atomic E-state index is 1.12. The van der Waals surface area contributed by atoms with E-state index in [-0.39, 0.29) is 0 Å². The number of fused-ring (bicyclic) bond motifs is 14. The summed E-state index contributed by atoms with van der Waals surface area (Å²) in [6, 6.07) is 187. The Balaban J connectivity index is 0.000000144. The molecule has 2 heteroatoms. The molecule has 0 saturated heterocycles. The second kappa shape index (κ2) is 33.5. The number of benzene rings is 24. The van der Waals surface area contributed by atoms with E-state index in [0.29, 0.717) is 0 Å². The topological polar surface area (TPSA) is 9.86 Å². The average Bonchev–Trinajstić information content (AvgIpc) is 1.58. The summed E-state index contributed by atoms with van der Waals surface area (Å²) in [6.07, 6.45) is 4.66. The number of aromatic nitrogens is 2. The van der Waals surface area contributed by atoms with Crippen LogP contribution >= 0.6 is 0 Å². The average molecular weight is 1700 g/mol. The molecule has 0 fully saturated rings. The zero-order valence-electron chi connectivity index (χ0n) is 73.5. The molecule has 0 N–H and O–H groups in total. The van der Waals surface area contributed by atoms with Crippen molar-refractivity contribution in [3.63, 3.8) is 0 Å². The van der Waals surface area contributed by atoms with Crippen LogP contribution in [0.15, 0.2) is 522 Å². The van der Waals surface area contributed by atoms with E-state index in [1.165, 1.54) is 242 Å². The van der Waals surface area contributed by atoms with Gasteiger partial charge >= 0.3 is 0 Å². The largest absolute Gasteiger partial charge is 0.316 e. The maximum atomic E-state index is 2.39. The van der Waals surface area contributed by atoms with Crippen molar-refractivity contribution in [1.29, 1.82) is 0 Å². The van der Waals surface area contributed by atoms with Crippen LogP contribution in [0.1, 0.15) is 0 Å². The predicted molar refractivity (Wildman–Crippen MR) is 572 cm³/mol. The summed E-state index contributed by atoms with van der Waals surface area (Å²) in [5.74, 6) is 0. The van der Waals surface area contributed by atoms with E-state index in [2.05, 4.69) is 531 Å². The molecule has 0 aliphatic rings. The molecule has 0 aliphatic heterocycles. The van der Waals surface area contributed by atoms with E-state index in [1.807, 2.05) is 0 Å². The van der Waals surface area contributed by atoms with Crippen LogP contribution < -0.4 is 0 Å². The fourth-order valence-electron chi connectivity index (χ4n) is 20.8. The van der Waals surface area contributed by atoms with Gasteiger partial charge in [0.05, 0.1) is 11.0 Å². The Morgan fingerprint density at radius 1 is 0.104 bits per heavy atom. The van der Waals surface area contributed by atoms with Crippen molar-refractivity contribution in [3.8, 4) is 145 Å². The second-order valence-electron chi connectivity index (χ2n) is 35.3. The number of hydrogen-bond acceptors (Lipinski definition) is 0. The van der Waals surface area contributed by atoms with Crippen LogP contribution in [-0.4, -0.2) is 9.13 Å². The Labute approximate surface area is 778 Å². The lowest BCUT2D eigenvalue weighted by Gasteiger charge is -2.13. The molecule has 0 bridgehead atoms. The first-order valence-electron chi connectivity index (χ1n) is 46.3. The monoisotopic (exact) mass is 1700 g/mol. The third kappa shape index (κ3) is 14.3. The molecule has 0 atom stereocenters. The van der Waals surface area contributed by atoms with E-state index >= 15 is 0 Å². The normalized spacial score (nSPS) is 11.6. The molecule has 2 aromatic heterocycles. The number of hydrogen-bond donors (Lipinski definition) is 0. The van der Waals surface area contributed by atoms with Gasteiger partial charge in [-0.2, -0.15) is 0 Å². The highest BCUT2D eigenvalue weighted by molar-refractivity contribution is 6.18. The van der Waals surface area contributed by atoms with Gasteiger partial charge in [0.25, 0.3) is 0 Å². The van der Waals surface area contributed by atoms with Crippen molar-refractivity contribution >= 4 is 108 Å². The van der Waals surface area contributed by atoms with Gasteiger partial charge in [0.15, 0.2) is 0 Å².